The number of hydrogen-bond acceptors (Lipinski definition) is 9. The standard InChI is InChI=1S/C29H44O9/c1-11-22(30)35-17-28(15-26(5,6)7,18-36-23(31)12-2)16-34-19-29(27(8,9)10,20-37-24(32)13-3)21-38-25(33)14-4/h11-14H,1-4,15-21H2,5-10H3. The minimum absolute atomic E-state index is 0.00174. The monoisotopic (exact) mass is 536 g/mol. The molecule has 0 saturated heterocycles. The summed E-state index contributed by atoms with van der Waals surface area (Å²) in [5.74, 6) is -2.53. The molecular weight excluding hydrogens is 492 g/mol. The van der Waals surface area contributed by atoms with Crippen LogP contribution >= 0.6 is 0 Å². The van der Waals surface area contributed by atoms with E-state index in [1.807, 2.05) is 41.5 Å². The van der Waals surface area contributed by atoms with E-state index in [-0.39, 0.29) is 45.1 Å². The van der Waals surface area contributed by atoms with Crippen LogP contribution in [-0.4, -0.2) is 63.5 Å². The average Bonchev–Trinajstić information content (AvgIpc) is 2.84. The Bertz CT molecular complexity index is 823. The molecule has 0 spiro atoms. The Morgan fingerprint density at radius 2 is 0.895 bits per heavy atom. The Balaban J connectivity index is 6.26. The molecule has 9 heteroatoms. The Kier molecular flexibility index (Phi) is 14.0. The maximum absolute atomic E-state index is 11.9. The predicted octanol–water partition coefficient (Wildman–Crippen LogP) is 4.37. The molecule has 0 aromatic rings. The van der Waals surface area contributed by atoms with E-state index in [0.29, 0.717) is 6.42 Å². The molecule has 0 aromatic heterocycles. The number of ether oxygens (including phenoxy) is 5. The van der Waals surface area contributed by atoms with Gasteiger partial charge in [-0.15, -0.1) is 0 Å². The van der Waals surface area contributed by atoms with E-state index in [4.69, 9.17) is 23.7 Å². The minimum Gasteiger partial charge on any atom is -0.462 e. The first kappa shape index (κ1) is 34.8. The van der Waals surface area contributed by atoms with Gasteiger partial charge in [0.1, 0.15) is 26.4 Å². The third-order valence-electron chi connectivity index (χ3n) is 5.97. The lowest BCUT2D eigenvalue weighted by Gasteiger charge is -2.44. The number of carbonyl (C=O) groups is 4. The van der Waals surface area contributed by atoms with Crippen molar-refractivity contribution in [3.05, 3.63) is 50.6 Å². The minimum atomic E-state index is -0.979. The highest BCUT2D eigenvalue weighted by Crippen LogP contribution is 2.41. The molecule has 0 aromatic carbocycles. The van der Waals surface area contributed by atoms with Crippen molar-refractivity contribution < 1.29 is 42.9 Å². The zero-order valence-corrected chi connectivity index (χ0v) is 23.8. The lowest BCUT2D eigenvalue weighted by molar-refractivity contribution is -0.169. The lowest BCUT2D eigenvalue weighted by Crippen LogP contribution is -2.50. The van der Waals surface area contributed by atoms with Crippen LogP contribution in [-0.2, 0) is 42.9 Å². The number of esters is 4. The number of carbonyl (C=O) groups excluding carboxylic acids is 4. The molecule has 214 valence electrons. The molecule has 0 aliphatic carbocycles. The molecule has 0 aliphatic heterocycles. The fourth-order valence-electron chi connectivity index (χ4n) is 3.74. The second kappa shape index (κ2) is 15.3. The molecule has 9 nitrogen and oxygen atoms in total. The zero-order chi connectivity index (χ0) is 29.6. The highest BCUT2D eigenvalue weighted by Gasteiger charge is 2.46. The smallest absolute Gasteiger partial charge is 0.330 e. The number of rotatable bonds is 17. The van der Waals surface area contributed by atoms with E-state index in [1.54, 1.807) is 0 Å². The van der Waals surface area contributed by atoms with Crippen molar-refractivity contribution in [2.45, 2.75) is 48.0 Å². The van der Waals surface area contributed by atoms with E-state index in [1.165, 1.54) is 0 Å². The molecule has 0 heterocycles. The molecule has 0 bridgehead atoms. The van der Waals surface area contributed by atoms with E-state index in [2.05, 4.69) is 26.3 Å². The fourth-order valence-corrected chi connectivity index (χ4v) is 3.74. The van der Waals surface area contributed by atoms with Gasteiger partial charge in [-0.05, 0) is 17.3 Å². The van der Waals surface area contributed by atoms with E-state index < -0.39 is 40.1 Å². The third kappa shape index (κ3) is 12.4. The maximum Gasteiger partial charge on any atom is 0.330 e. The SMILES string of the molecule is C=CC(=O)OCC(COCC(COC(=O)C=C)(COC(=O)C=C)C(C)(C)C)(COC(=O)C=C)CC(C)(C)C. The summed E-state index contributed by atoms with van der Waals surface area (Å²) < 4.78 is 27.8. The first-order valence-electron chi connectivity index (χ1n) is 12.2. The van der Waals surface area contributed by atoms with Crippen molar-refractivity contribution in [3.63, 3.8) is 0 Å². The van der Waals surface area contributed by atoms with Crippen LogP contribution in [0.2, 0.25) is 0 Å². The van der Waals surface area contributed by atoms with Crippen LogP contribution in [0.25, 0.3) is 0 Å². The van der Waals surface area contributed by atoms with E-state index >= 15 is 0 Å². The summed E-state index contributed by atoms with van der Waals surface area (Å²) in [7, 11) is 0. The molecule has 0 rings (SSSR count). The lowest BCUT2D eigenvalue weighted by atomic mass is 9.67. The molecule has 0 fully saturated rings. The van der Waals surface area contributed by atoms with Gasteiger partial charge in [0.05, 0.1) is 24.0 Å². The molecule has 0 N–H and O–H groups in total. The van der Waals surface area contributed by atoms with Gasteiger partial charge in [-0.2, -0.15) is 0 Å². The van der Waals surface area contributed by atoms with Gasteiger partial charge in [0, 0.05) is 24.3 Å². The normalized spacial score (nSPS) is 12.1. The Labute approximate surface area is 226 Å². The van der Waals surface area contributed by atoms with Crippen LogP contribution in [0, 0.1) is 21.7 Å². The highest BCUT2D eigenvalue weighted by molar-refractivity contribution is 5.82. The van der Waals surface area contributed by atoms with Gasteiger partial charge in [-0.3, -0.25) is 0 Å². The molecule has 0 atom stereocenters. The van der Waals surface area contributed by atoms with Gasteiger partial charge in [0.15, 0.2) is 0 Å². The molecule has 0 aliphatic rings. The van der Waals surface area contributed by atoms with Crippen molar-refractivity contribution in [1.29, 1.82) is 0 Å². The molecule has 0 radical (unpaired) electrons. The maximum atomic E-state index is 11.9. The summed E-state index contributed by atoms with van der Waals surface area (Å²) in [5, 5.41) is 0. The predicted molar refractivity (Wildman–Crippen MR) is 144 cm³/mol. The van der Waals surface area contributed by atoms with Gasteiger partial charge < -0.3 is 23.7 Å². The largest absolute Gasteiger partial charge is 0.462 e. The van der Waals surface area contributed by atoms with Crippen LogP contribution in [0.5, 0.6) is 0 Å². The van der Waals surface area contributed by atoms with Crippen molar-refractivity contribution >= 4 is 23.9 Å². The topological polar surface area (TPSA) is 114 Å². The first-order valence-corrected chi connectivity index (χ1v) is 12.2. The summed E-state index contributed by atoms with van der Waals surface area (Å²) in [6.07, 6.45) is 4.63. The summed E-state index contributed by atoms with van der Waals surface area (Å²) in [4.78, 5) is 47.7. The fraction of sp³-hybridized carbons (Fsp3) is 0.586. The van der Waals surface area contributed by atoms with Crippen LogP contribution in [0.4, 0.5) is 0 Å². The second-order valence-corrected chi connectivity index (χ2v) is 11.5. The van der Waals surface area contributed by atoms with Gasteiger partial charge in [-0.25, -0.2) is 19.2 Å². The third-order valence-corrected chi connectivity index (χ3v) is 5.97. The van der Waals surface area contributed by atoms with E-state index in [9.17, 15) is 19.2 Å². The summed E-state index contributed by atoms with van der Waals surface area (Å²) in [6.45, 7) is 24.9. The van der Waals surface area contributed by atoms with Crippen molar-refractivity contribution in [2.75, 3.05) is 39.6 Å². The molecule has 38 heavy (non-hydrogen) atoms. The highest BCUT2D eigenvalue weighted by atomic mass is 16.6. The van der Waals surface area contributed by atoms with Gasteiger partial charge in [-0.1, -0.05) is 67.9 Å². The summed E-state index contributed by atoms with van der Waals surface area (Å²) >= 11 is 0. The Hall–Kier alpha value is -3.20. The van der Waals surface area contributed by atoms with Crippen LogP contribution in [0.3, 0.4) is 0 Å². The van der Waals surface area contributed by atoms with E-state index in [0.717, 1.165) is 24.3 Å². The zero-order valence-electron chi connectivity index (χ0n) is 23.8. The molecule has 0 saturated carbocycles. The van der Waals surface area contributed by atoms with Crippen LogP contribution in [0.15, 0.2) is 50.6 Å². The quantitative estimate of drug-likeness (QED) is 0.152. The van der Waals surface area contributed by atoms with Gasteiger partial charge in [0.2, 0.25) is 0 Å². The van der Waals surface area contributed by atoms with Gasteiger partial charge >= 0.3 is 23.9 Å². The Morgan fingerprint density at radius 1 is 0.553 bits per heavy atom. The van der Waals surface area contributed by atoms with Gasteiger partial charge in [0.25, 0.3) is 0 Å². The van der Waals surface area contributed by atoms with Crippen molar-refractivity contribution in [3.8, 4) is 0 Å². The molecular formula is C29H44O9. The molecule has 0 amide bonds. The number of hydrogen-bond donors (Lipinski definition) is 0. The Morgan fingerprint density at radius 3 is 1.18 bits per heavy atom. The van der Waals surface area contributed by atoms with Crippen LogP contribution in [0.1, 0.15) is 48.0 Å². The first-order chi connectivity index (χ1) is 17.5. The molecule has 0 unspecified atom stereocenters. The average molecular weight is 537 g/mol. The summed E-state index contributed by atoms with van der Waals surface area (Å²) in [6, 6.07) is 0. The second-order valence-electron chi connectivity index (χ2n) is 11.5. The van der Waals surface area contributed by atoms with Crippen molar-refractivity contribution in [1.82, 2.24) is 0 Å². The van der Waals surface area contributed by atoms with Crippen molar-refractivity contribution in [2.24, 2.45) is 21.7 Å². The van der Waals surface area contributed by atoms with Crippen LogP contribution < -0.4 is 0 Å². The summed E-state index contributed by atoms with van der Waals surface area (Å²) in [5.41, 5.74) is -2.76.